The van der Waals surface area contributed by atoms with Crippen LogP contribution in [0.4, 0.5) is 49.1 Å². The molecule has 10 nitrogen and oxygen atoms in total. The van der Waals surface area contributed by atoms with Gasteiger partial charge in [-0.05, 0) is 24.6 Å². The molecule has 19 heteroatoms. The van der Waals surface area contributed by atoms with Crippen LogP contribution in [-0.4, -0.2) is 34.8 Å². The lowest BCUT2D eigenvalue weighted by Crippen LogP contribution is -2.30. The number of halogens is 7. The molecule has 0 bridgehead atoms. The van der Waals surface area contributed by atoms with Crippen LogP contribution in [0.5, 0.6) is 0 Å². The third-order valence-corrected chi connectivity index (χ3v) is 7.88. The van der Waals surface area contributed by atoms with Crippen LogP contribution in [0.2, 0.25) is 5.02 Å². The fraction of sp³-hybridized carbons (Fsp3) is 0.368. The number of nitro groups is 2. The molecule has 0 radical (unpaired) electrons. The zero-order valence-corrected chi connectivity index (χ0v) is 21.6. The Labute approximate surface area is 220 Å². The summed E-state index contributed by atoms with van der Waals surface area (Å²) in [7, 11) is -4.27. The lowest BCUT2D eigenvalue weighted by Gasteiger charge is -2.31. The first-order valence-electron chi connectivity index (χ1n) is 10.2. The van der Waals surface area contributed by atoms with Gasteiger partial charge in [0, 0.05) is 12.6 Å². The van der Waals surface area contributed by atoms with Crippen LogP contribution in [0, 0.1) is 20.2 Å². The van der Waals surface area contributed by atoms with Crippen molar-refractivity contribution in [2.75, 3.05) is 17.1 Å². The Morgan fingerprint density at radius 3 is 2.05 bits per heavy atom. The Morgan fingerprint density at radius 2 is 1.61 bits per heavy atom. The summed E-state index contributed by atoms with van der Waals surface area (Å²) in [6.45, 7) is 1.30. The van der Waals surface area contributed by atoms with Crippen molar-refractivity contribution < 1.29 is 44.6 Å². The lowest BCUT2D eigenvalue weighted by molar-refractivity contribution is -0.394. The summed E-state index contributed by atoms with van der Waals surface area (Å²) >= 11 is 5.93. The number of anilines is 2. The zero-order valence-electron chi connectivity index (χ0n) is 19.2. The molecule has 210 valence electrons. The average Bonchev–Trinajstić information content (AvgIpc) is 2.76. The number of nitrogens with zero attached hydrogens (tertiary/aromatic N) is 4. The normalized spacial score (nSPS) is 12.6. The predicted octanol–water partition coefficient (Wildman–Crippen LogP) is 6.96. The zero-order chi connectivity index (χ0) is 29.2. The first-order chi connectivity index (χ1) is 17.3. The smallest absolute Gasteiger partial charge is 0.262 e. The van der Waals surface area contributed by atoms with E-state index in [2.05, 4.69) is 0 Å². The Hall–Kier alpha value is -2.83. The molecule has 0 fully saturated rings. The average molecular weight is 611 g/mol. The maximum atomic E-state index is 14.1. The van der Waals surface area contributed by atoms with Crippen molar-refractivity contribution in [1.82, 2.24) is 3.71 Å². The number of rotatable bonds is 10. The summed E-state index contributed by atoms with van der Waals surface area (Å²) < 4.78 is 108. The quantitative estimate of drug-likeness (QED) is 0.122. The standard InChI is InChI=1S/C19H17ClF6N4O6S2/c1-3-4-7-27(38(2,35)36)37-28(15-8-11(18(21,22)23)5-6-14(15)20)17-13(19(24,25)26)9-12(29(31)32)10-16(17)30(33)34/h5-6,8-10H,3-4,7H2,1-2H3. The number of nitro benzene ring substituents is 2. The Kier molecular flexibility index (Phi) is 9.50. The summed E-state index contributed by atoms with van der Waals surface area (Å²) in [5.41, 5.74) is -8.62. The van der Waals surface area contributed by atoms with Gasteiger partial charge in [-0.25, -0.2) is 8.42 Å². The van der Waals surface area contributed by atoms with Crippen molar-refractivity contribution in [3.05, 3.63) is 66.7 Å². The second-order valence-corrected chi connectivity index (χ2v) is 11.1. The molecule has 0 heterocycles. The fourth-order valence-corrected chi connectivity index (χ4v) is 5.28. The van der Waals surface area contributed by atoms with Gasteiger partial charge in [0.05, 0.1) is 56.1 Å². The largest absolute Gasteiger partial charge is 0.418 e. The summed E-state index contributed by atoms with van der Waals surface area (Å²) in [5, 5.41) is 22.4. The van der Waals surface area contributed by atoms with Gasteiger partial charge in [-0.2, -0.15) is 26.3 Å². The van der Waals surface area contributed by atoms with E-state index in [1.54, 1.807) is 6.92 Å². The number of sulfonamides is 1. The molecule has 0 N–H and O–H groups in total. The first kappa shape index (κ1) is 31.4. The minimum Gasteiger partial charge on any atom is -0.262 e. The maximum Gasteiger partial charge on any atom is 0.418 e. The molecular formula is C19H17ClF6N4O6S2. The number of unbranched alkanes of at least 4 members (excludes halogenated alkanes) is 1. The van der Waals surface area contributed by atoms with Crippen molar-refractivity contribution in [3.8, 4) is 0 Å². The van der Waals surface area contributed by atoms with E-state index in [1.807, 2.05) is 0 Å². The highest BCUT2D eigenvalue weighted by Gasteiger charge is 2.44. The van der Waals surface area contributed by atoms with Gasteiger partial charge in [-0.15, -0.1) is 3.71 Å². The molecule has 2 rings (SSSR count). The summed E-state index contributed by atoms with van der Waals surface area (Å²) in [5.74, 6) is 0. The Bertz CT molecular complexity index is 1340. The third-order valence-electron chi connectivity index (χ3n) is 4.72. The number of hydrogen-bond donors (Lipinski definition) is 0. The molecule has 0 aliphatic rings. The maximum absolute atomic E-state index is 14.1. The highest BCUT2D eigenvalue weighted by molar-refractivity contribution is 8.09. The van der Waals surface area contributed by atoms with E-state index < -0.39 is 71.1 Å². The monoisotopic (exact) mass is 610 g/mol. The molecule has 0 saturated carbocycles. The molecule has 2 aromatic carbocycles. The molecule has 0 aromatic heterocycles. The first-order valence-corrected chi connectivity index (χ1v) is 13.1. The van der Waals surface area contributed by atoms with Crippen LogP contribution in [0.25, 0.3) is 0 Å². The predicted molar refractivity (Wildman–Crippen MR) is 127 cm³/mol. The van der Waals surface area contributed by atoms with E-state index in [9.17, 15) is 55.0 Å². The highest BCUT2D eigenvalue weighted by atomic mass is 35.5. The van der Waals surface area contributed by atoms with Crippen LogP contribution in [-0.2, 0) is 22.4 Å². The number of hydrogen-bond acceptors (Lipinski definition) is 8. The molecule has 2 aromatic rings. The lowest BCUT2D eigenvalue weighted by atomic mass is 10.1. The Morgan fingerprint density at radius 1 is 1.00 bits per heavy atom. The van der Waals surface area contributed by atoms with Gasteiger partial charge in [0.25, 0.3) is 5.69 Å². The molecule has 0 unspecified atom stereocenters. The summed E-state index contributed by atoms with van der Waals surface area (Å²) in [6, 6.07) is 1.56. The van der Waals surface area contributed by atoms with E-state index in [4.69, 9.17) is 11.6 Å². The second-order valence-electron chi connectivity index (χ2n) is 7.56. The summed E-state index contributed by atoms with van der Waals surface area (Å²) in [6.07, 6.45) is -9.35. The van der Waals surface area contributed by atoms with Crippen molar-refractivity contribution in [1.29, 1.82) is 0 Å². The summed E-state index contributed by atoms with van der Waals surface area (Å²) in [4.78, 5) is 20.3. The molecule has 0 amide bonds. The van der Waals surface area contributed by atoms with Gasteiger partial charge in [0.15, 0.2) is 0 Å². The van der Waals surface area contributed by atoms with E-state index in [-0.39, 0.29) is 47.6 Å². The van der Waals surface area contributed by atoms with Gasteiger partial charge in [0.1, 0.15) is 5.69 Å². The molecule has 0 aliphatic heterocycles. The van der Waals surface area contributed by atoms with Crippen molar-refractivity contribution in [2.24, 2.45) is 0 Å². The molecule has 0 saturated heterocycles. The Balaban J connectivity index is 3.07. The van der Waals surface area contributed by atoms with Crippen LogP contribution < -0.4 is 4.31 Å². The van der Waals surface area contributed by atoms with Crippen molar-refractivity contribution in [3.63, 3.8) is 0 Å². The van der Waals surface area contributed by atoms with E-state index in [0.717, 1.165) is 0 Å². The van der Waals surface area contributed by atoms with Crippen molar-refractivity contribution in [2.45, 2.75) is 32.1 Å². The molecular weight excluding hydrogens is 594 g/mol. The van der Waals surface area contributed by atoms with Crippen LogP contribution in [0.3, 0.4) is 0 Å². The number of benzene rings is 2. The molecule has 0 spiro atoms. The van der Waals surface area contributed by atoms with Gasteiger partial charge >= 0.3 is 18.0 Å². The van der Waals surface area contributed by atoms with Crippen LogP contribution >= 0.6 is 23.7 Å². The fourth-order valence-electron chi connectivity index (χ4n) is 2.97. The van der Waals surface area contributed by atoms with Gasteiger partial charge < -0.3 is 0 Å². The topological polar surface area (TPSA) is 127 Å². The number of non-ortho nitro benzene ring substituents is 1. The van der Waals surface area contributed by atoms with E-state index in [1.165, 1.54) is 0 Å². The molecule has 38 heavy (non-hydrogen) atoms. The number of alkyl halides is 6. The van der Waals surface area contributed by atoms with Gasteiger partial charge in [0.2, 0.25) is 10.0 Å². The van der Waals surface area contributed by atoms with Crippen molar-refractivity contribution >= 4 is 56.5 Å². The SMILES string of the molecule is CCCCN(SN(c1cc(C(F)(F)F)ccc1Cl)c1c([N+](=O)[O-])cc([N+](=O)[O-])cc1C(F)(F)F)S(C)(=O)=O. The minimum atomic E-state index is -5.52. The van der Waals surface area contributed by atoms with Gasteiger partial charge in [-0.3, -0.25) is 24.5 Å². The van der Waals surface area contributed by atoms with Gasteiger partial charge in [-0.1, -0.05) is 24.9 Å². The minimum absolute atomic E-state index is 0.0474. The molecule has 0 aliphatic carbocycles. The second kappa shape index (κ2) is 11.5. The van der Waals surface area contributed by atoms with E-state index in [0.29, 0.717) is 28.5 Å². The third kappa shape index (κ3) is 7.39. The van der Waals surface area contributed by atoms with E-state index >= 15 is 0 Å². The van der Waals surface area contributed by atoms with Crippen LogP contribution in [0.1, 0.15) is 30.9 Å². The molecule has 0 atom stereocenters. The van der Waals surface area contributed by atoms with Crippen LogP contribution in [0.15, 0.2) is 30.3 Å². The highest BCUT2D eigenvalue weighted by Crippen LogP contribution is 2.51.